The summed E-state index contributed by atoms with van der Waals surface area (Å²) in [5.74, 6) is 0.875. The van der Waals surface area contributed by atoms with Gasteiger partial charge in [0.05, 0.1) is 17.8 Å². The molecule has 2 aromatic heterocycles. The molecule has 1 atom stereocenters. The Morgan fingerprint density at radius 2 is 2.24 bits per heavy atom. The summed E-state index contributed by atoms with van der Waals surface area (Å²) in [6.45, 7) is 0.334. The van der Waals surface area contributed by atoms with Crippen molar-refractivity contribution >= 4 is 11.3 Å². The van der Waals surface area contributed by atoms with Crippen LogP contribution < -0.4 is 5.73 Å². The van der Waals surface area contributed by atoms with Gasteiger partial charge in [0.25, 0.3) is 0 Å². The van der Waals surface area contributed by atoms with E-state index in [4.69, 9.17) is 15.0 Å². The Balaban J connectivity index is 1.89. The number of rotatable bonds is 5. The minimum absolute atomic E-state index is 0.334. The largest absolute Gasteiger partial charge is 0.383 e. The van der Waals surface area contributed by atoms with Crippen molar-refractivity contribution in [2.45, 2.75) is 6.04 Å². The number of nitrogens with two attached hydrogens (primary N) is 1. The number of thiazole rings is 1. The van der Waals surface area contributed by atoms with Crippen LogP contribution in [0.25, 0.3) is 22.6 Å². The highest BCUT2D eigenvalue weighted by Gasteiger charge is 2.15. The van der Waals surface area contributed by atoms with E-state index in [1.54, 1.807) is 24.0 Å². The molecule has 0 fully saturated rings. The number of benzene rings is 1. The molecule has 0 amide bonds. The van der Waals surface area contributed by atoms with Crippen molar-refractivity contribution in [3.63, 3.8) is 0 Å². The molecule has 1 unspecified atom stereocenters. The second-order valence-corrected chi connectivity index (χ2v) is 5.19. The summed E-state index contributed by atoms with van der Waals surface area (Å²) in [5.41, 5.74) is 10.5. The predicted molar refractivity (Wildman–Crippen MR) is 79.6 cm³/mol. The maximum atomic E-state index is 5.87. The molecule has 0 saturated carbocycles. The average Bonchev–Trinajstić information content (AvgIpc) is 3.19. The van der Waals surface area contributed by atoms with Crippen LogP contribution in [-0.4, -0.2) is 28.8 Å². The van der Waals surface area contributed by atoms with Crippen LogP contribution in [0.15, 0.2) is 39.7 Å². The third-order valence-electron chi connectivity index (χ3n) is 2.95. The molecule has 3 aromatic rings. The van der Waals surface area contributed by atoms with Gasteiger partial charge in [-0.2, -0.15) is 4.98 Å². The van der Waals surface area contributed by atoms with Gasteiger partial charge < -0.3 is 15.0 Å². The van der Waals surface area contributed by atoms with Gasteiger partial charge in [0.15, 0.2) is 0 Å². The van der Waals surface area contributed by atoms with Crippen LogP contribution in [-0.2, 0) is 4.74 Å². The van der Waals surface area contributed by atoms with E-state index < -0.39 is 6.04 Å². The molecule has 0 aliphatic heterocycles. The van der Waals surface area contributed by atoms with E-state index in [2.05, 4.69) is 15.1 Å². The lowest BCUT2D eigenvalue weighted by Crippen LogP contribution is -2.16. The van der Waals surface area contributed by atoms with E-state index in [0.717, 1.165) is 16.8 Å². The van der Waals surface area contributed by atoms with Crippen molar-refractivity contribution in [2.24, 2.45) is 5.73 Å². The minimum atomic E-state index is -0.419. The van der Waals surface area contributed by atoms with Crippen molar-refractivity contribution in [3.05, 3.63) is 41.0 Å². The zero-order valence-electron chi connectivity index (χ0n) is 11.4. The standard InChI is InChI=1S/C14H14N4O2S/c1-19-6-11(15)14-17-13(18-20-14)10-4-2-3-9(5-10)12-7-21-8-16-12/h2-5,7-8,11H,6,15H2,1H3. The maximum Gasteiger partial charge on any atom is 0.246 e. The molecule has 2 heterocycles. The molecular formula is C14H14N4O2S. The first-order chi connectivity index (χ1) is 10.3. The van der Waals surface area contributed by atoms with Gasteiger partial charge in [-0.05, 0) is 6.07 Å². The molecule has 21 heavy (non-hydrogen) atoms. The number of ether oxygens (including phenoxy) is 1. The number of methoxy groups -OCH3 is 1. The fraction of sp³-hybridized carbons (Fsp3) is 0.214. The van der Waals surface area contributed by atoms with Crippen LogP contribution in [0.5, 0.6) is 0 Å². The lowest BCUT2D eigenvalue weighted by molar-refractivity contribution is 0.166. The highest BCUT2D eigenvalue weighted by atomic mass is 32.1. The van der Waals surface area contributed by atoms with E-state index in [9.17, 15) is 0 Å². The molecule has 0 aliphatic rings. The molecular weight excluding hydrogens is 288 g/mol. The van der Waals surface area contributed by atoms with Gasteiger partial charge in [0.1, 0.15) is 6.04 Å². The number of aromatic nitrogens is 3. The van der Waals surface area contributed by atoms with Crippen molar-refractivity contribution in [2.75, 3.05) is 13.7 Å². The van der Waals surface area contributed by atoms with Crippen LogP contribution in [0.3, 0.4) is 0 Å². The van der Waals surface area contributed by atoms with Crippen molar-refractivity contribution < 1.29 is 9.26 Å². The molecule has 7 heteroatoms. The van der Waals surface area contributed by atoms with Gasteiger partial charge in [-0.15, -0.1) is 11.3 Å². The Morgan fingerprint density at radius 3 is 3.00 bits per heavy atom. The first kappa shape index (κ1) is 13.9. The van der Waals surface area contributed by atoms with Gasteiger partial charge in [0.2, 0.25) is 11.7 Å². The molecule has 2 N–H and O–H groups in total. The van der Waals surface area contributed by atoms with E-state index in [1.165, 1.54) is 0 Å². The van der Waals surface area contributed by atoms with Gasteiger partial charge in [0, 0.05) is 23.6 Å². The van der Waals surface area contributed by atoms with Crippen molar-refractivity contribution in [1.29, 1.82) is 0 Å². The SMILES string of the molecule is COCC(N)c1nc(-c2cccc(-c3cscn3)c2)no1. The van der Waals surface area contributed by atoms with Gasteiger partial charge in [-0.1, -0.05) is 23.4 Å². The highest BCUT2D eigenvalue weighted by Crippen LogP contribution is 2.25. The summed E-state index contributed by atoms with van der Waals surface area (Å²) >= 11 is 1.56. The van der Waals surface area contributed by atoms with Gasteiger partial charge in [-0.25, -0.2) is 4.98 Å². The number of nitrogens with zero attached hydrogens (tertiary/aromatic N) is 3. The Kier molecular flexibility index (Phi) is 4.05. The van der Waals surface area contributed by atoms with Crippen LogP contribution in [0.2, 0.25) is 0 Å². The minimum Gasteiger partial charge on any atom is -0.383 e. The third kappa shape index (κ3) is 2.99. The molecule has 0 bridgehead atoms. The van der Waals surface area contributed by atoms with Crippen LogP contribution in [0, 0.1) is 0 Å². The van der Waals surface area contributed by atoms with Crippen LogP contribution >= 0.6 is 11.3 Å². The predicted octanol–water partition coefficient (Wildman–Crippen LogP) is 2.51. The molecule has 0 spiro atoms. The third-order valence-corrected chi connectivity index (χ3v) is 3.54. The van der Waals surface area contributed by atoms with Crippen molar-refractivity contribution in [1.82, 2.24) is 15.1 Å². The highest BCUT2D eigenvalue weighted by molar-refractivity contribution is 7.07. The number of hydrogen-bond acceptors (Lipinski definition) is 7. The summed E-state index contributed by atoms with van der Waals surface area (Å²) < 4.78 is 10.2. The second-order valence-electron chi connectivity index (χ2n) is 4.47. The molecule has 0 aliphatic carbocycles. The first-order valence-electron chi connectivity index (χ1n) is 6.35. The first-order valence-corrected chi connectivity index (χ1v) is 7.29. The van der Waals surface area contributed by atoms with Gasteiger partial charge in [-0.3, -0.25) is 0 Å². The van der Waals surface area contributed by atoms with E-state index in [1.807, 2.05) is 29.6 Å². The lowest BCUT2D eigenvalue weighted by atomic mass is 10.1. The Bertz CT molecular complexity index is 711. The molecule has 3 rings (SSSR count). The molecule has 0 saturated heterocycles. The zero-order valence-corrected chi connectivity index (χ0v) is 12.2. The summed E-state index contributed by atoms with van der Waals surface area (Å²) in [4.78, 5) is 8.62. The second kappa shape index (κ2) is 6.13. The van der Waals surface area contributed by atoms with Crippen LogP contribution in [0.4, 0.5) is 0 Å². The van der Waals surface area contributed by atoms with E-state index >= 15 is 0 Å². The average molecular weight is 302 g/mol. The Hall–Kier alpha value is -2.09. The summed E-state index contributed by atoms with van der Waals surface area (Å²) in [6.07, 6.45) is 0. The van der Waals surface area contributed by atoms with E-state index in [0.29, 0.717) is 18.3 Å². The lowest BCUT2D eigenvalue weighted by Gasteiger charge is -2.03. The van der Waals surface area contributed by atoms with Crippen LogP contribution in [0.1, 0.15) is 11.9 Å². The molecule has 0 radical (unpaired) electrons. The van der Waals surface area contributed by atoms with E-state index in [-0.39, 0.29) is 0 Å². The smallest absolute Gasteiger partial charge is 0.246 e. The monoisotopic (exact) mass is 302 g/mol. The van der Waals surface area contributed by atoms with Crippen molar-refractivity contribution in [3.8, 4) is 22.6 Å². The molecule has 1 aromatic carbocycles. The topological polar surface area (TPSA) is 87.1 Å². The van der Waals surface area contributed by atoms with Gasteiger partial charge >= 0.3 is 0 Å². The Morgan fingerprint density at radius 1 is 1.38 bits per heavy atom. The zero-order chi connectivity index (χ0) is 14.7. The quantitative estimate of drug-likeness (QED) is 0.779. The normalized spacial score (nSPS) is 12.5. The fourth-order valence-corrected chi connectivity index (χ4v) is 2.49. The summed E-state index contributed by atoms with van der Waals surface area (Å²) in [7, 11) is 1.58. The maximum absolute atomic E-state index is 5.87. The Labute approximate surface area is 125 Å². The molecule has 108 valence electrons. The fourth-order valence-electron chi connectivity index (χ4n) is 1.93. The summed E-state index contributed by atoms with van der Waals surface area (Å²) in [5, 5.41) is 5.97. The number of hydrogen-bond donors (Lipinski definition) is 1. The molecule has 6 nitrogen and oxygen atoms in total. The summed E-state index contributed by atoms with van der Waals surface area (Å²) in [6, 6.07) is 7.42.